The molecule has 110 valence electrons. The van der Waals surface area contributed by atoms with Gasteiger partial charge in [-0.15, -0.1) is 0 Å². The van der Waals surface area contributed by atoms with Gasteiger partial charge in [0.2, 0.25) is 0 Å². The first-order chi connectivity index (χ1) is 9.56. The summed E-state index contributed by atoms with van der Waals surface area (Å²) in [7, 11) is 0. The summed E-state index contributed by atoms with van der Waals surface area (Å²) in [6.07, 6.45) is 6.79. The summed E-state index contributed by atoms with van der Waals surface area (Å²) in [6, 6.07) is 5.78. The predicted molar refractivity (Wildman–Crippen MR) is 91.6 cm³/mol. The van der Waals surface area contributed by atoms with Crippen molar-refractivity contribution >= 4 is 34.5 Å². The van der Waals surface area contributed by atoms with Crippen molar-refractivity contribution in [2.24, 2.45) is 17.6 Å². The van der Waals surface area contributed by atoms with Crippen molar-refractivity contribution in [1.29, 1.82) is 0 Å². The fourth-order valence-corrected chi connectivity index (χ4v) is 3.58. The molecular formula is C16H23ClN2S. The fourth-order valence-electron chi connectivity index (χ4n) is 3.07. The molecule has 1 saturated carbocycles. The molecule has 2 rings (SSSR count). The molecule has 0 bridgehead atoms. The zero-order chi connectivity index (χ0) is 14.5. The standard InChI is InChI=1S/C16H23ClN2S/c1-11-3-2-4-12(9-11)7-8-19-13-5-6-14(16(18)20)15(17)10-13/h5-6,10-12,19H,2-4,7-9H2,1H3,(H2,18,20). The Bertz CT molecular complexity index is 476. The molecule has 4 heteroatoms. The van der Waals surface area contributed by atoms with Crippen LogP contribution in [0.1, 0.15) is 44.6 Å². The molecule has 2 nitrogen and oxygen atoms in total. The van der Waals surface area contributed by atoms with Gasteiger partial charge >= 0.3 is 0 Å². The van der Waals surface area contributed by atoms with E-state index >= 15 is 0 Å². The number of hydrogen-bond donors (Lipinski definition) is 2. The van der Waals surface area contributed by atoms with Crippen molar-refractivity contribution in [3.8, 4) is 0 Å². The fraction of sp³-hybridized carbons (Fsp3) is 0.562. The van der Waals surface area contributed by atoms with E-state index in [4.69, 9.17) is 29.6 Å². The average Bonchev–Trinajstić information content (AvgIpc) is 2.38. The van der Waals surface area contributed by atoms with Crippen LogP contribution in [-0.2, 0) is 0 Å². The molecule has 0 amide bonds. The highest BCUT2D eigenvalue weighted by Gasteiger charge is 2.18. The largest absolute Gasteiger partial charge is 0.389 e. The Balaban J connectivity index is 1.82. The Morgan fingerprint density at radius 1 is 1.45 bits per heavy atom. The first-order valence-corrected chi connectivity index (χ1v) is 8.18. The Kier molecular flexibility index (Phi) is 5.67. The van der Waals surface area contributed by atoms with Crippen LogP contribution in [-0.4, -0.2) is 11.5 Å². The molecule has 0 aliphatic heterocycles. The van der Waals surface area contributed by atoms with Crippen molar-refractivity contribution in [2.75, 3.05) is 11.9 Å². The maximum Gasteiger partial charge on any atom is 0.105 e. The van der Waals surface area contributed by atoms with Crippen molar-refractivity contribution in [2.45, 2.75) is 39.0 Å². The van der Waals surface area contributed by atoms with Crippen LogP contribution in [0.15, 0.2) is 18.2 Å². The molecule has 3 N–H and O–H groups in total. The highest BCUT2D eigenvalue weighted by Crippen LogP contribution is 2.30. The van der Waals surface area contributed by atoms with Gasteiger partial charge in [-0.05, 0) is 42.9 Å². The molecule has 0 spiro atoms. The van der Waals surface area contributed by atoms with Gasteiger partial charge in [-0.2, -0.15) is 0 Å². The number of rotatable bonds is 5. The van der Waals surface area contributed by atoms with Gasteiger partial charge in [-0.3, -0.25) is 0 Å². The van der Waals surface area contributed by atoms with Crippen molar-refractivity contribution in [1.82, 2.24) is 0 Å². The second-order valence-corrected chi connectivity index (χ2v) is 6.76. The normalized spacial score (nSPS) is 22.5. The first-order valence-electron chi connectivity index (χ1n) is 7.39. The number of thiocarbonyl (C=S) groups is 1. The highest BCUT2D eigenvalue weighted by atomic mass is 35.5. The highest BCUT2D eigenvalue weighted by molar-refractivity contribution is 7.80. The average molecular weight is 311 g/mol. The minimum Gasteiger partial charge on any atom is -0.389 e. The summed E-state index contributed by atoms with van der Waals surface area (Å²) in [6.45, 7) is 3.37. The maximum atomic E-state index is 6.16. The van der Waals surface area contributed by atoms with Crippen LogP contribution in [0.5, 0.6) is 0 Å². The second kappa shape index (κ2) is 7.28. The summed E-state index contributed by atoms with van der Waals surface area (Å²) in [5, 5.41) is 4.06. The SMILES string of the molecule is CC1CCCC(CCNc2ccc(C(N)=S)c(Cl)c2)C1. The van der Waals surface area contributed by atoms with Crippen LogP contribution in [0.4, 0.5) is 5.69 Å². The van der Waals surface area contributed by atoms with E-state index in [9.17, 15) is 0 Å². The van der Waals surface area contributed by atoms with E-state index in [-0.39, 0.29) is 0 Å². The number of anilines is 1. The Hall–Kier alpha value is -0.800. The van der Waals surface area contributed by atoms with Crippen LogP contribution < -0.4 is 11.1 Å². The molecule has 2 unspecified atom stereocenters. The third-order valence-electron chi connectivity index (χ3n) is 4.16. The lowest BCUT2D eigenvalue weighted by Crippen LogP contribution is -2.16. The number of benzene rings is 1. The van der Waals surface area contributed by atoms with Gasteiger partial charge in [0, 0.05) is 17.8 Å². The molecule has 0 heterocycles. The molecular weight excluding hydrogens is 288 g/mol. The van der Waals surface area contributed by atoms with Crippen LogP contribution in [0, 0.1) is 11.8 Å². The summed E-state index contributed by atoms with van der Waals surface area (Å²) in [5.74, 6) is 1.77. The van der Waals surface area contributed by atoms with Crippen LogP contribution in [0.25, 0.3) is 0 Å². The topological polar surface area (TPSA) is 38.0 Å². The van der Waals surface area contributed by atoms with Crippen LogP contribution in [0.3, 0.4) is 0 Å². The zero-order valence-corrected chi connectivity index (χ0v) is 13.6. The third-order valence-corrected chi connectivity index (χ3v) is 4.69. The number of hydrogen-bond acceptors (Lipinski definition) is 2. The first kappa shape index (κ1) is 15.6. The lowest BCUT2D eigenvalue weighted by atomic mass is 9.81. The second-order valence-electron chi connectivity index (χ2n) is 5.91. The van der Waals surface area contributed by atoms with Gasteiger partial charge in [0.1, 0.15) is 4.99 Å². The molecule has 1 aliphatic rings. The molecule has 0 aromatic heterocycles. The smallest absolute Gasteiger partial charge is 0.105 e. The maximum absolute atomic E-state index is 6.16. The molecule has 0 saturated heterocycles. The van der Waals surface area contributed by atoms with Gasteiger partial charge in [0.15, 0.2) is 0 Å². The Morgan fingerprint density at radius 3 is 2.90 bits per heavy atom. The zero-order valence-electron chi connectivity index (χ0n) is 12.0. The van der Waals surface area contributed by atoms with E-state index in [0.29, 0.717) is 10.0 Å². The molecule has 1 aliphatic carbocycles. The number of halogens is 1. The number of nitrogens with one attached hydrogen (secondary N) is 1. The minimum absolute atomic E-state index is 0.345. The molecule has 20 heavy (non-hydrogen) atoms. The molecule has 2 atom stereocenters. The van der Waals surface area contributed by atoms with E-state index in [1.54, 1.807) is 0 Å². The summed E-state index contributed by atoms with van der Waals surface area (Å²) < 4.78 is 0. The van der Waals surface area contributed by atoms with Gasteiger partial charge in [-0.25, -0.2) is 0 Å². The lowest BCUT2D eigenvalue weighted by molar-refractivity contribution is 0.274. The van der Waals surface area contributed by atoms with E-state index in [0.717, 1.165) is 29.6 Å². The van der Waals surface area contributed by atoms with E-state index < -0.39 is 0 Å². The summed E-state index contributed by atoms with van der Waals surface area (Å²) >= 11 is 11.1. The van der Waals surface area contributed by atoms with Gasteiger partial charge in [-0.1, -0.05) is 50.0 Å². The van der Waals surface area contributed by atoms with E-state index in [2.05, 4.69) is 12.2 Å². The van der Waals surface area contributed by atoms with E-state index in [1.165, 1.54) is 32.1 Å². The van der Waals surface area contributed by atoms with Crippen LogP contribution >= 0.6 is 23.8 Å². The molecule has 0 radical (unpaired) electrons. The third kappa shape index (κ3) is 4.35. The monoisotopic (exact) mass is 310 g/mol. The lowest BCUT2D eigenvalue weighted by Gasteiger charge is -2.26. The van der Waals surface area contributed by atoms with Gasteiger partial charge in [0.25, 0.3) is 0 Å². The molecule has 1 aromatic carbocycles. The van der Waals surface area contributed by atoms with Crippen molar-refractivity contribution in [3.05, 3.63) is 28.8 Å². The minimum atomic E-state index is 0.345. The van der Waals surface area contributed by atoms with Crippen LogP contribution in [0.2, 0.25) is 5.02 Å². The number of nitrogens with two attached hydrogens (primary N) is 1. The predicted octanol–water partition coefficient (Wildman–Crippen LogP) is 4.60. The quantitative estimate of drug-likeness (QED) is 0.780. The molecule has 1 aromatic rings. The Labute approximate surface area is 132 Å². The van der Waals surface area contributed by atoms with Gasteiger partial charge < -0.3 is 11.1 Å². The summed E-state index contributed by atoms with van der Waals surface area (Å²) in [5.41, 5.74) is 7.39. The van der Waals surface area contributed by atoms with Crippen molar-refractivity contribution < 1.29 is 0 Å². The molecule has 1 fully saturated rings. The van der Waals surface area contributed by atoms with Crippen molar-refractivity contribution in [3.63, 3.8) is 0 Å². The van der Waals surface area contributed by atoms with E-state index in [1.807, 2.05) is 18.2 Å². The van der Waals surface area contributed by atoms with Gasteiger partial charge in [0.05, 0.1) is 5.02 Å². The summed E-state index contributed by atoms with van der Waals surface area (Å²) in [4.78, 5) is 0.345. The Morgan fingerprint density at radius 2 is 2.25 bits per heavy atom.